The first-order valence-electron chi connectivity index (χ1n) is 7.88. The first-order valence-corrected chi connectivity index (χ1v) is 9.60. The molecule has 0 radical (unpaired) electrons. The number of primary sulfonamides is 1. The molecule has 0 unspecified atom stereocenters. The molecule has 1 aliphatic heterocycles. The summed E-state index contributed by atoms with van der Waals surface area (Å²) in [6.45, 7) is 3.80. The van der Waals surface area contributed by atoms with E-state index < -0.39 is 10.0 Å². The number of hydrogen-bond acceptors (Lipinski definition) is 3. The van der Waals surface area contributed by atoms with Gasteiger partial charge >= 0.3 is 6.03 Å². The van der Waals surface area contributed by atoms with E-state index in [4.69, 9.17) is 5.14 Å². The van der Waals surface area contributed by atoms with Gasteiger partial charge in [-0.1, -0.05) is 26.2 Å². The van der Waals surface area contributed by atoms with Gasteiger partial charge < -0.3 is 10.2 Å². The van der Waals surface area contributed by atoms with Crippen LogP contribution in [0.5, 0.6) is 0 Å². The van der Waals surface area contributed by atoms with E-state index in [1.165, 1.54) is 32.1 Å². The topological polar surface area (TPSA) is 92.5 Å². The lowest BCUT2D eigenvalue weighted by Crippen LogP contribution is -2.41. The standard InChI is InChI=1S/C14H27N3O3S/c1-11-8-17(9-13(11)10-21(15,19)20)14(18)16-7-12-5-3-2-4-6-12/h11-13H,2-10H2,1H3,(H,16,18)(H2,15,19,20)/t11-,13+/m1/s1. The van der Waals surface area contributed by atoms with Crippen molar-refractivity contribution in [1.29, 1.82) is 0 Å². The van der Waals surface area contributed by atoms with Crippen LogP contribution in [0.3, 0.4) is 0 Å². The zero-order valence-corrected chi connectivity index (χ0v) is 13.6. The van der Waals surface area contributed by atoms with Gasteiger partial charge in [-0.2, -0.15) is 0 Å². The summed E-state index contributed by atoms with van der Waals surface area (Å²) in [5, 5.41) is 8.11. The summed E-state index contributed by atoms with van der Waals surface area (Å²) >= 11 is 0. The minimum absolute atomic E-state index is 0.0411. The number of urea groups is 1. The molecule has 2 fully saturated rings. The maximum absolute atomic E-state index is 12.2. The van der Waals surface area contributed by atoms with Crippen molar-refractivity contribution in [3.8, 4) is 0 Å². The third kappa shape index (κ3) is 5.14. The van der Waals surface area contributed by atoms with Crippen molar-refractivity contribution >= 4 is 16.1 Å². The maximum atomic E-state index is 12.2. The summed E-state index contributed by atoms with van der Waals surface area (Å²) in [6.07, 6.45) is 6.23. The quantitative estimate of drug-likeness (QED) is 0.814. The number of nitrogens with one attached hydrogen (secondary N) is 1. The van der Waals surface area contributed by atoms with E-state index in [-0.39, 0.29) is 23.6 Å². The van der Waals surface area contributed by atoms with E-state index >= 15 is 0 Å². The van der Waals surface area contributed by atoms with Gasteiger partial charge in [0.05, 0.1) is 5.75 Å². The molecule has 1 saturated heterocycles. The third-order valence-corrected chi connectivity index (χ3v) is 5.66. The van der Waals surface area contributed by atoms with Gasteiger partial charge in [0.2, 0.25) is 10.0 Å². The first kappa shape index (κ1) is 16.5. The molecule has 2 atom stereocenters. The Kier molecular flexibility index (Phi) is 5.48. The maximum Gasteiger partial charge on any atom is 0.317 e. The highest BCUT2D eigenvalue weighted by Crippen LogP contribution is 2.25. The van der Waals surface area contributed by atoms with Gasteiger partial charge in [-0.3, -0.25) is 0 Å². The zero-order valence-electron chi connectivity index (χ0n) is 12.8. The monoisotopic (exact) mass is 317 g/mol. The molecule has 6 nitrogen and oxygen atoms in total. The predicted molar refractivity (Wildman–Crippen MR) is 82.2 cm³/mol. The SMILES string of the molecule is C[C@@H]1CN(C(=O)NCC2CCCCC2)C[C@H]1CS(N)(=O)=O. The number of carbonyl (C=O) groups is 1. The van der Waals surface area contributed by atoms with Crippen molar-refractivity contribution < 1.29 is 13.2 Å². The normalized spacial score (nSPS) is 27.8. The van der Waals surface area contributed by atoms with Gasteiger partial charge in [0.15, 0.2) is 0 Å². The lowest BCUT2D eigenvalue weighted by Gasteiger charge is -2.24. The lowest BCUT2D eigenvalue weighted by molar-refractivity contribution is 0.202. The molecule has 0 aromatic carbocycles. The summed E-state index contributed by atoms with van der Waals surface area (Å²) in [4.78, 5) is 13.9. The van der Waals surface area contributed by atoms with Crippen molar-refractivity contribution in [2.45, 2.75) is 39.0 Å². The largest absolute Gasteiger partial charge is 0.338 e. The number of nitrogens with two attached hydrogens (primary N) is 1. The molecule has 2 amide bonds. The Hall–Kier alpha value is -0.820. The van der Waals surface area contributed by atoms with Crippen LogP contribution in [0.2, 0.25) is 0 Å². The molecule has 0 spiro atoms. The van der Waals surface area contributed by atoms with Gasteiger partial charge in [0.1, 0.15) is 0 Å². The molecule has 2 aliphatic rings. The Morgan fingerprint density at radius 3 is 2.52 bits per heavy atom. The van der Waals surface area contributed by atoms with Crippen molar-refractivity contribution in [2.75, 3.05) is 25.4 Å². The van der Waals surface area contributed by atoms with Gasteiger partial charge in [-0.15, -0.1) is 0 Å². The Morgan fingerprint density at radius 2 is 1.90 bits per heavy atom. The van der Waals surface area contributed by atoms with Gasteiger partial charge in [-0.05, 0) is 30.6 Å². The first-order chi connectivity index (χ1) is 9.85. The molecule has 1 aliphatic carbocycles. The average Bonchev–Trinajstić information content (AvgIpc) is 2.77. The predicted octanol–water partition coefficient (Wildman–Crippen LogP) is 1.13. The molecule has 2 rings (SSSR count). The summed E-state index contributed by atoms with van der Waals surface area (Å²) in [6, 6.07) is -0.0654. The van der Waals surface area contributed by atoms with E-state index in [9.17, 15) is 13.2 Å². The highest BCUT2D eigenvalue weighted by Gasteiger charge is 2.34. The minimum Gasteiger partial charge on any atom is -0.338 e. The van der Waals surface area contributed by atoms with E-state index in [1.54, 1.807) is 4.90 Å². The number of nitrogens with zero attached hydrogens (tertiary/aromatic N) is 1. The van der Waals surface area contributed by atoms with Gasteiger partial charge in [-0.25, -0.2) is 18.4 Å². The molecule has 0 bridgehead atoms. The van der Waals surface area contributed by atoms with Gasteiger partial charge in [0, 0.05) is 19.6 Å². The van der Waals surface area contributed by atoms with Crippen LogP contribution in [-0.4, -0.2) is 44.7 Å². The molecule has 3 N–H and O–H groups in total. The van der Waals surface area contributed by atoms with E-state index in [0.29, 0.717) is 19.0 Å². The molecule has 0 aromatic rings. The second kappa shape index (κ2) is 6.96. The number of carbonyl (C=O) groups excluding carboxylic acids is 1. The van der Waals surface area contributed by atoms with Crippen LogP contribution in [0.15, 0.2) is 0 Å². The number of likely N-dealkylation sites (tertiary alicyclic amines) is 1. The smallest absolute Gasteiger partial charge is 0.317 e. The molecule has 122 valence electrons. The highest BCUT2D eigenvalue weighted by atomic mass is 32.2. The van der Waals surface area contributed by atoms with E-state index in [0.717, 1.165) is 6.54 Å². The fourth-order valence-electron chi connectivity index (χ4n) is 3.45. The molecule has 0 aromatic heterocycles. The zero-order chi connectivity index (χ0) is 15.5. The number of amides is 2. The van der Waals surface area contributed by atoms with Crippen LogP contribution >= 0.6 is 0 Å². The second-order valence-electron chi connectivity index (χ2n) is 6.66. The van der Waals surface area contributed by atoms with Crippen molar-refractivity contribution in [2.24, 2.45) is 22.9 Å². The number of sulfonamides is 1. The van der Waals surface area contributed by atoms with Crippen LogP contribution in [-0.2, 0) is 10.0 Å². The Labute approximate surface area is 127 Å². The summed E-state index contributed by atoms with van der Waals surface area (Å²) in [5.74, 6) is 0.674. The van der Waals surface area contributed by atoms with Crippen molar-refractivity contribution in [3.05, 3.63) is 0 Å². The molecular weight excluding hydrogens is 290 g/mol. The summed E-state index contributed by atoms with van der Waals surface area (Å²) in [5.41, 5.74) is 0. The summed E-state index contributed by atoms with van der Waals surface area (Å²) in [7, 11) is -3.48. The fourth-order valence-corrected chi connectivity index (χ4v) is 4.48. The lowest BCUT2D eigenvalue weighted by atomic mass is 9.89. The minimum atomic E-state index is -3.48. The van der Waals surface area contributed by atoms with Crippen LogP contribution in [0, 0.1) is 17.8 Å². The molecule has 7 heteroatoms. The number of hydrogen-bond donors (Lipinski definition) is 2. The van der Waals surface area contributed by atoms with Crippen molar-refractivity contribution in [3.63, 3.8) is 0 Å². The highest BCUT2D eigenvalue weighted by molar-refractivity contribution is 7.89. The van der Waals surface area contributed by atoms with Gasteiger partial charge in [0.25, 0.3) is 0 Å². The Balaban J connectivity index is 1.78. The fraction of sp³-hybridized carbons (Fsp3) is 0.929. The van der Waals surface area contributed by atoms with Crippen LogP contribution in [0.1, 0.15) is 39.0 Å². The Morgan fingerprint density at radius 1 is 1.24 bits per heavy atom. The second-order valence-corrected chi connectivity index (χ2v) is 8.32. The van der Waals surface area contributed by atoms with Crippen LogP contribution in [0.4, 0.5) is 4.79 Å². The van der Waals surface area contributed by atoms with E-state index in [2.05, 4.69) is 5.32 Å². The van der Waals surface area contributed by atoms with Crippen molar-refractivity contribution in [1.82, 2.24) is 10.2 Å². The Bertz CT molecular complexity index is 460. The van der Waals surface area contributed by atoms with E-state index in [1.807, 2.05) is 6.92 Å². The number of rotatable bonds is 4. The average molecular weight is 317 g/mol. The summed E-state index contributed by atoms with van der Waals surface area (Å²) < 4.78 is 22.4. The third-order valence-electron chi connectivity index (χ3n) is 4.77. The molecule has 21 heavy (non-hydrogen) atoms. The van der Waals surface area contributed by atoms with Crippen LogP contribution in [0.25, 0.3) is 0 Å². The van der Waals surface area contributed by atoms with Crippen LogP contribution < -0.4 is 10.5 Å². The molecular formula is C14H27N3O3S. The molecule has 1 saturated carbocycles. The molecule has 1 heterocycles.